The number of halogens is 1. The van der Waals surface area contributed by atoms with Crippen LogP contribution in [0.2, 0.25) is 0 Å². The van der Waals surface area contributed by atoms with Crippen molar-refractivity contribution in [2.75, 3.05) is 13.2 Å². The molecule has 0 radical (unpaired) electrons. The van der Waals surface area contributed by atoms with Crippen LogP contribution in [-0.4, -0.2) is 19.1 Å². The van der Waals surface area contributed by atoms with Gasteiger partial charge in [0.1, 0.15) is 0 Å². The zero-order chi connectivity index (χ0) is 9.56. The molecule has 0 bridgehead atoms. The minimum atomic E-state index is -0.158. The SMILES string of the molecule is CCOC(=O)C(CN)C(C)CC.Cl. The minimum Gasteiger partial charge on any atom is -0.466 e. The van der Waals surface area contributed by atoms with Crippen LogP contribution in [0.1, 0.15) is 27.2 Å². The topological polar surface area (TPSA) is 52.3 Å². The molecule has 0 aliphatic heterocycles. The molecule has 0 aromatic rings. The van der Waals surface area contributed by atoms with Gasteiger partial charge in [-0.15, -0.1) is 12.4 Å². The van der Waals surface area contributed by atoms with Crippen molar-refractivity contribution in [1.29, 1.82) is 0 Å². The normalized spacial score (nSPS) is 14.2. The van der Waals surface area contributed by atoms with Crippen molar-refractivity contribution in [2.24, 2.45) is 17.6 Å². The Labute approximate surface area is 86.4 Å². The first-order chi connectivity index (χ1) is 5.67. The highest BCUT2D eigenvalue weighted by molar-refractivity contribution is 5.85. The molecule has 13 heavy (non-hydrogen) atoms. The molecule has 0 aromatic heterocycles. The molecule has 3 nitrogen and oxygen atoms in total. The molecule has 0 heterocycles. The Balaban J connectivity index is 0. The summed E-state index contributed by atoms with van der Waals surface area (Å²) in [4.78, 5) is 11.3. The third kappa shape index (κ3) is 5.11. The highest BCUT2D eigenvalue weighted by Crippen LogP contribution is 2.15. The second kappa shape index (κ2) is 8.32. The maximum atomic E-state index is 11.3. The predicted molar refractivity (Wildman–Crippen MR) is 55.9 cm³/mol. The summed E-state index contributed by atoms with van der Waals surface area (Å²) in [6.45, 7) is 6.70. The van der Waals surface area contributed by atoms with Crippen LogP contribution in [0.3, 0.4) is 0 Å². The summed E-state index contributed by atoms with van der Waals surface area (Å²) in [7, 11) is 0. The van der Waals surface area contributed by atoms with Gasteiger partial charge in [0.25, 0.3) is 0 Å². The fraction of sp³-hybridized carbons (Fsp3) is 0.889. The van der Waals surface area contributed by atoms with E-state index in [-0.39, 0.29) is 24.3 Å². The van der Waals surface area contributed by atoms with Crippen molar-refractivity contribution in [3.63, 3.8) is 0 Å². The molecule has 0 saturated heterocycles. The number of hydrogen-bond donors (Lipinski definition) is 1. The van der Waals surface area contributed by atoms with Crippen LogP contribution >= 0.6 is 12.4 Å². The quantitative estimate of drug-likeness (QED) is 0.700. The maximum absolute atomic E-state index is 11.3. The lowest BCUT2D eigenvalue weighted by molar-refractivity contribution is -0.149. The van der Waals surface area contributed by atoms with E-state index in [4.69, 9.17) is 10.5 Å². The maximum Gasteiger partial charge on any atom is 0.310 e. The lowest BCUT2D eigenvalue weighted by atomic mass is 9.92. The standard InChI is InChI=1S/C9H19NO2.ClH/c1-4-7(3)8(6-10)9(11)12-5-2;/h7-8H,4-6,10H2,1-3H3;1H. The van der Waals surface area contributed by atoms with Gasteiger partial charge in [-0.25, -0.2) is 0 Å². The third-order valence-electron chi connectivity index (χ3n) is 2.17. The average molecular weight is 210 g/mol. The van der Waals surface area contributed by atoms with E-state index in [2.05, 4.69) is 0 Å². The summed E-state index contributed by atoms with van der Waals surface area (Å²) in [5.74, 6) is 0.0262. The molecular formula is C9H20ClNO2. The van der Waals surface area contributed by atoms with Gasteiger partial charge in [0.15, 0.2) is 0 Å². The van der Waals surface area contributed by atoms with E-state index < -0.39 is 0 Å². The van der Waals surface area contributed by atoms with Crippen molar-refractivity contribution < 1.29 is 9.53 Å². The lowest BCUT2D eigenvalue weighted by Crippen LogP contribution is -2.30. The van der Waals surface area contributed by atoms with Gasteiger partial charge in [0.05, 0.1) is 12.5 Å². The van der Waals surface area contributed by atoms with Crippen LogP contribution in [0, 0.1) is 11.8 Å². The second-order valence-electron chi connectivity index (χ2n) is 2.98. The van der Waals surface area contributed by atoms with E-state index in [1.807, 2.05) is 20.8 Å². The molecule has 0 amide bonds. The Kier molecular flexibility index (Phi) is 9.74. The van der Waals surface area contributed by atoms with E-state index in [1.54, 1.807) is 0 Å². The van der Waals surface area contributed by atoms with Gasteiger partial charge in [0.2, 0.25) is 0 Å². The Morgan fingerprint density at radius 2 is 2.00 bits per heavy atom. The molecule has 2 N–H and O–H groups in total. The number of rotatable bonds is 5. The van der Waals surface area contributed by atoms with Gasteiger partial charge >= 0.3 is 5.97 Å². The minimum absolute atomic E-state index is 0. The molecule has 0 aliphatic rings. The van der Waals surface area contributed by atoms with Gasteiger partial charge in [-0.2, -0.15) is 0 Å². The summed E-state index contributed by atoms with van der Waals surface area (Å²) >= 11 is 0. The molecule has 0 spiro atoms. The van der Waals surface area contributed by atoms with Crippen molar-refractivity contribution >= 4 is 18.4 Å². The Bertz CT molecular complexity index is 142. The summed E-state index contributed by atoms with van der Waals surface area (Å²) in [6, 6.07) is 0. The fourth-order valence-electron chi connectivity index (χ4n) is 1.09. The second-order valence-corrected chi connectivity index (χ2v) is 2.98. The Morgan fingerprint density at radius 3 is 2.31 bits per heavy atom. The van der Waals surface area contributed by atoms with Crippen LogP contribution in [0.4, 0.5) is 0 Å². The van der Waals surface area contributed by atoms with Crippen LogP contribution in [0.15, 0.2) is 0 Å². The summed E-state index contributed by atoms with van der Waals surface area (Å²) in [6.07, 6.45) is 0.959. The van der Waals surface area contributed by atoms with Crippen LogP contribution in [-0.2, 0) is 9.53 Å². The van der Waals surface area contributed by atoms with Gasteiger partial charge in [-0.05, 0) is 12.8 Å². The summed E-state index contributed by atoms with van der Waals surface area (Å²) in [5.41, 5.74) is 5.48. The highest BCUT2D eigenvalue weighted by Gasteiger charge is 2.23. The summed E-state index contributed by atoms with van der Waals surface area (Å²) in [5, 5.41) is 0. The summed E-state index contributed by atoms with van der Waals surface area (Å²) < 4.78 is 4.90. The molecule has 0 aromatic carbocycles. The molecule has 2 unspecified atom stereocenters. The average Bonchev–Trinajstić information content (AvgIpc) is 2.06. The molecule has 0 aliphatic carbocycles. The number of nitrogens with two attached hydrogens (primary N) is 1. The number of ether oxygens (including phenoxy) is 1. The number of esters is 1. The number of hydrogen-bond acceptors (Lipinski definition) is 3. The first kappa shape index (κ1) is 15.2. The zero-order valence-electron chi connectivity index (χ0n) is 8.58. The van der Waals surface area contributed by atoms with E-state index in [0.717, 1.165) is 6.42 Å². The Morgan fingerprint density at radius 1 is 1.46 bits per heavy atom. The highest BCUT2D eigenvalue weighted by atomic mass is 35.5. The monoisotopic (exact) mass is 209 g/mol. The first-order valence-corrected chi connectivity index (χ1v) is 4.54. The predicted octanol–water partition coefficient (Wildman–Crippen LogP) is 1.59. The van der Waals surface area contributed by atoms with E-state index in [9.17, 15) is 4.79 Å². The Hall–Kier alpha value is -0.280. The van der Waals surface area contributed by atoms with Gasteiger partial charge in [-0.1, -0.05) is 20.3 Å². The van der Waals surface area contributed by atoms with Crippen LogP contribution < -0.4 is 5.73 Å². The molecule has 0 rings (SSSR count). The van der Waals surface area contributed by atoms with Crippen molar-refractivity contribution in [3.05, 3.63) is 0 Å². The lowest BCUT2D eigenvalue weighted by Gasteiger charge is -2.18. The van der Waals surface area contributed by atoms with Crippen molar-refractivity contribution in [1.82, 2.24) is 0 Å². The molecule has 0 fully saturated rings. The molecule has 80 valence electrons. The van der Waals surface area contributed by atoms with Crippen molar-refractivity contribution in [3.8, 4) is 0 Å². The third-order valence-corrected chi connectivity index (χ3v) is 2.17. The zero-order valence-corrected chi connectivity index (χ0v) is 9.39. The molecule has 0 saturated carbocycles. The largest absolute Gasteiger partial charge is 0.466 e. The van der Waals surface area contributed by atoms with Gasteiger partial charge in [-0.3, -0.25) is 4.79 Å². The van der Waals surface area contributed by atoms with Crippen LogP contribution in [0.25, 0.3) is 0 Å². The number of carbonyl (C=O) groups excluding carboxylic acids is 1. The molecule has 2 atom stereocenters. The van der Waals surface area contributed by atoms with E-state index in [0.29, 0.717) is 19.1 Å². The smallest absolute Gasteiger partial charge is 0.310 e. The first-order valence-electron chi connectivity index (χ1n) is 4.54. The molecular weight excluding hydrogens is 190 g/mol. The fourth-order valence-corrected chi connectivity index (χ4v) is 1.09. The van der Waals surface area contributed by atoms with Crippen molar-refractivity contribution in [2.45, 2.75) is 27.2 Å². The van der Waals surface area contributed by atoms with E-state index >= 15 is 0 Å². The van der Waals surface area contributed by atoms with E-state index in [1.165, 1.54) is 0 Å². The molecule has 4 heteroatoms. The van der Waals surface area contributed by atoms with Gasteiger partial charge < -0.3 is 10.5 Å². The van der Waals surface area contributed by atoms with Crippen LogP contribution in [0.5, 0.6) is 0 Å². The van der Waals surface area contributed by atoms with Gasteiger partial charge in [0, 0.05) is 6.54 Å². The number of carbonyl (C=O) groups is 1.